The maximum atomic E-state index is 13.5. The summed E-state index contributed by atoms with van der Waals surface area (Å²) >= 11 is 0. The van der Waals surface area contributed by atoms with Gasteiger partial charge in [-0.25, -0.2) is 4.68 Å². The van der Waals surface area contributed by atoms with Gasteiger partial charge in [0.1, 0.15) is 11.4 Å². The van der Waals surface area contributed by atoms with Gasteiger partial charge in [0, 0.05) is 18.7 Å². The SMILES string of the molecule is COc1ccc(-n2nc(C(F)(F)F)c3c2C(=O)N(CCCN(C)C)CC3)cc1. The zero-order valence-corrected chi connectivity index (χ0v) is 16.1. The van der Waals surface area contributed by atoms with Gasteiger partial charge in [0.15, 0.2) is 5.69 Å². The predicted molar refractivity (Wildman–Crippen MR) is 97.9 cm³/mol. The molecule has 9 heteroatoms. The van der Waals surface area contributed by atoms with Crippen molar-refractivity contribution in [2.75, 3.05) is 40.8 Å². The highest BCUT2D eigenvalue weighted by molar-refractivity contribution is 5.96. The van der Waals surface area contributed by atoms with E-state index in [-0.39, 0.29) is 24.2 Å². The molecular weight excluding hydrogens is 373 g/mol. The Morgan fingerprint density at radius 1 is 1.21 bits per heavy atom. The lowest BCUT2D eigenvalue weighted by Crippen LogP contribution is -2.40. The summed E-state index contributed by atoms with van der Waals surface area (Å²) in [5.74, 6) is 0.149. The van der Waals surface area contributed by atoms with E-state index in [1.54, 1.807) is 29.2 Å². The lowest BCUT2D eigenvalue weighted by Gasteiger charge is -2.28. The summed E-state index contributed by atoms with van der Waals surface area (Å²) in [6.07, 6.45) is -3.74. The predicted octanol–water partition coefficient (Wildman–Crippen LogP) is 2.85. The Balaban J connectivity index is 2.00. The van der Waals surface area contributed by atoms with Crippen LogP contribution in [0.4, 0.5) is 13.2 Å². The Labute approximate surface area is 161 Å². The molecule has 2 heterocycles. The van der Waals surface area contributed by atoms with E-state index in [4.69, 9.17) is 4.74 Å². The van der Waals surface area contributed by atoms with Crippen LogP contribution >= 0.6 is 0 Å². The number of hydrogen-bond donors (Lipinski definition) is 0. The molecule has 1 aromatic heterocycles. The van der Waals surface area contributed by atoms with Gasteiger partial charge in [-0.3, -0.25) is 4.79 Å². The summed E-state index contributed by atoms with van der Waals surface area (Å²) < 4.78 is 46.7. The van der Waals surface area contributed by atoms with E-state index in [2.05, 4.69) is 5.10 Å². The van der Waals surface area contributed by atoms with Gasteiger partial charge in [0.05, 0.1) is 12.8 Å². The second kappa shape index (κ2) is 7.83. The van der Waals surface area contributed by atoms with E-state index >= 15 is 0 Å². The van der Waals surface area contributed by atoms with E-state index in [1.807, 2.05) is 19.0 Å². The molecule has 6 nitrogen and oxygen atoms in total. The molecule has 0 aliphatic carbocycles. The van der Waals surface area contributed by atoms with Crippen LogP contribution in [0.3, 0.4) is 0 Å². The molecule has 1 amide bonds. The minimum atomic E-state index is -4.62. The number of benzene rings is 1. The Morgan fingerprint density at radius 3 is 2.46 bits per heavy atom. The van der Waals surface area contributed by atoms with Gasteiger partial charge in [-0.2, -0.15) is 18.3 Å². The maximum Gasteiger partial charge on any atom is 0.435 e. The van der Waals surface area contributed by atoms with Crippen molar-refractivity contribution >= 4 is 5.91 Å². The Hall–Kier alpha value is -2.55. The number of fused-ring (bicyclic) bond motifs is 1. The van der Waals surface area contributed by atoms with Gasteiger partial charge in [-0.1, -0.05) is 0 Å². The standard InChI is InChI=1S/C19H23F3N4O2/c1-24(2)10-4-11-25-12-9-15-16(18(25)27)26(23-17(15)19(20,21)22)13-5-7-14(28-3)8-6-13/h5-8H,4,9-12H2,1-3H3. The first-order valence-electron chi connectivity index (χ1n) is 9.00. The lowest BCUT2D eigenvalue weighted by atomic mass is 10.0. The molecule has 0 atom stereocenters. The van der Waals surface area contributed by atoms with Crippen LogP contribution in [0.15, 0.2) is 24.3 Å². The fourth-order valence-corrected chi connectivity index (χ4v) is 3.33. The van der Waals surface area contributed by atoms with Crippen molar-refractivity contribution in [2.24, 2.45) is 0 Å². The van der Waals surface area contributed by atoms with E-state index in [0.29, 0.717) is 18.0 Å². The summed E-state index contributed by atoms with van der Waals surface area (Å²) in [5, 5.41) is 3.78. The van der Waals surface area contributed by atoms with Gasteiger partial charge in [0.25, 0.3) is 5.91 Å². The summed E-state index contributed by atoms with van der Waals surface area (Å²) in [7, 11) is 5.37. The third-order valence-electron chi connectivity index (χ3n) is 4.72. The van der Waals surface area contributed by atoms with Crippen LogP contribution in [0.2, 0.25) is 0 Å². The molecule has 0 bridgehead atoms. The highest BCUT2D eigenvalue weighted by Crippen LogP contribution is 2.36. The molecule has 0 radical (unpaired) electrons. The number of aromatic nitrogens is 2. The molecule has 0 saturated heterocycles. The zero-order valence-electron chi connectivity index (χ0n) is 16.1. The minimum absolute atomic E-state index is 0.00593. The van der Waals surface area contributed by atoms with Crippen molar-refractivity contribution in [2.45, 2.75) is 19.0 Å². The third kappa shape index (κ3) is 3.99. The average molecular weight is 396 g/mol. The summed E-state index contributed by atoms with van der Waals surface area (Å²) in [5.41, 5.74) is -0.638. The van der Waals surface area contributed by atoms with E-state index < -0.39 is 17.8 Å². The van der Waals surface area contributed by atoms with Crippen molar-refractivity contribution in [3.63, 3.8) is 0 Å². The van der Waals surface area contributed by atoms with Crippen molar-refractivity contribution in [3.05, 3.63) is 41.2 Å². The molecule has 1 aliphatic rings. The summed E-state index contributed by atoms with van der Waals surface area (Å²) in [4.78, 5) is 16.6. The van der Waals surface area contributed by atoms with Crippen molar-refractivity contribution in [3.8, 4) is 11.4 Å². The Morgan fingerprint density at radius 2 is 1.89 bits per heavy atom. The van der Waals surface area contributed by atoms with Crippen LogP contribution in [0, 0.1) is 0 Å². The largest absolute Gasteiger partial charge is 0.497 e. The topological polar surface area (TPSA) is 50.6 Å². The molecule has 0 fully saturated rings. The Bertz CT molecular complexity index is 844. The fourth-order valence-electron chi connectivity index (χ4n) is 3.33. The molecule has 1 aromatic carbocycles. The number of nitrogens with zero attached hydrogens (tertiary/aromatic N) is 4. The molecule has 1 aliphatic heterocycles. The number of halogens is 3. The highest BCUT2D eigenvalue weighted by Gasteiger charge is 2.43. The highest BCUT2D eigenvalue weighted by atomic mass is 19.4. The second-order valence-corrected chi connectivity index (χ2v) is 6.98. The van der Waals surface area contributed by atoms with Gasteiger partial charge >= 0.3 is 6.18 Å². The van der Waals surface area contributed by atoms with Crippen LogP contribution in [-0.4, -0.2) is 66.3 Å². The van der Waals surface area contributed by atoms with Crippen LogP contribution in [-0.2, 0) is 12.6 Å². The third-order valence-corrected chi connectivity index (χ3v) is 4.72. The lowest BCUT2D eigenvalue weighted by molar-refractivity contribution is -0.142. The van der Waals surface area contributed by atoms with Crippen molar-refractivity contribution < 1.29 is 22.7 Å². The normalized spacial score (nSPS) is 14.5. The first-order chi connectivity index (χ1) is 13.2. The quantitative estimate of drug-likeness (QED) is 0.754. The number of carbonyl (C=O) groups is 1. The van der Waals surface area contributed by atoms with E-state index in [0.717, 1.165) is 17.6 Å². The first kappa shape index (κ1) is 20.2. The van der Waals surface area contributed by atoms with Gasteiger partial charge in [-0.05, 0) is 57.7 Å². The second-order valence-electron chi connectivity index (χ2n) is 6.98. The van der Waals surface area contributed by atoms with Crippen LogP contribution in [0.25, 0.3) is 5.69 Å². The Kier molecular flexibility index (Phi) is 5.64. The average Bonchev–Trinajstić information content (AvgIpc) is 3.04. The van der Waals surface area contributed by atoms with Crippen molar-refractivity contribution in [1.29, 1.82) is 0 Å². The molecule has 2 aromatic rings. The van der Waals surface area contributed by atoms with Crippen LogP contribution < -0.4 is 4.74 Å². The number of methoxy groups -OCH3 is 1. The molecule has 28 heavy (non-hydrogen) atoms. The van der Waals surface area contributed by atoms with Crippen molar-refractivity contribution in [1.82, 2.24) is 19.6 Å². The van der Waals surface area contributed by atoms with Gasteiger partial charge in [-0.15, -0.1) is 0 Å². The van der Waals surface area contributed by atoms with Crippen LogP contribution in [0.1, 0.15) is 28.2 Å². The van der Waals surface area contributed by atoms with E-state index in [9.17, 15) is 18.0 Å². The van der Waals surface area contributed by atoms with Crippen LogP contribution in [0.5, 0.6) is 5.75 Å². The molecule has 0 unspecified atom stereocenters. The molecule has 152 valence electrons. The number of carbonyl (C=O) groups excluding carboxylic acids is 1. The summed E-state index contributed by atoms with van der Waals surface area (Å²) in [6, 6.07) is 6.42. The van der Waals surface area contributed by atoms with E-state index in [1.165, 1.54) is 7.11 Å². The molecule has 3 rings (SSSR count). The van der Waals surface area contributed by atoms with Gasteiger partial charge in [0.2, 0.25) is 0 Å². The molecular formula is C19H23F3N4O2. The number of amides is 1. The molecule has 0 saturated carbocycles. The monoisotopic (exact) mass is 396 g/mol. The summed E-state index contributed by atoms with van der Waals surface area (Å²) in [6.45, 7) is 1.55. The number of hydrogen-bond acceptors (Lipinski definition) is 4. The zero-order chi connectivity index (χ0) is 20.5. The van der Waals surface area contributed by atoms with Gasteiger partial charge < -0.3 is 14.5 Å². The first-order valence-corrected chi connectivity index (χ1v) is 9.00. The molecule has 0 N–H and O–H groups in total. The number of ether oxygens (including phenoxy) is 1. The smallest absolute Gasteiger partial charge is 0.435 e. The molecule has 0 spiro atoms. The minimum Gasteiger partial charge on any atom is -0.497 e. The maximum absolute atomic E-state index is 13.5. The fraction of sp³-hybridized carbons (Fsp3) is 0.474. The number of alkyl halides is 3. The number of rotatable bonds is 6.